The van der Waals surface area contributed by atoms with Crippen molar-refractivity contribution in [3.05, 3.63) is 0 Å². The number of aliphatic hydroxyl groups excluding tert-OH is 1. The number of carbonyl (C=O) groups excluding carboxylic acids is 1. The van der Waals surface area contributed by atoms with Crippen molar-refractivity contribution in [2.45, 2.75) is 12.4 Å². The van der Waals surface area contributed by atoms with Gasteiger partial charge in [-0.1, -0.05) is 0 Å². The molecule has 74 valence electrons. The van der Waals surface area contributed by atoms with Gasteiger partial charge in [0, 0.05) is 0 Å². The molecule has 0 unspecified atom stereocenters. The van der Waals surface area contributed by atoms with Crippen LogP contribution in [-0.2, 0) is 4.79 Å². The summed E-state index contributed by atoms with van der Waals surface area (Å²) in [6.45, 7) is -1.73. The standard InChI is InChI=1S/C2H3F3O.C2HF3O/c2*3-2(4,5)1-6/h6H,1H2;1H. The fraction of sp³-hybridized carbons (Fsp3) is 0.750. The quantitative estimate of drug-likeness (QED) is 0.470. The Morgan fingerprint density at radius 1 is 1.08 bits per heavy atom. The molecule has 2 nitrogen and oxygen atoms in total. The first kappa shape index (κ1) is 13.8. The molecule has 0 heterocycles. The Kier molecular flexibility index (Phi) is 5.70. The van der Waals surface area contributed by atoms with E-state index in [0.29, 0.717) is 0 Å². The molecular formula is C4H4F6O2. The monoisotopic (exact) mass is 198 g/mol. The van der Waals surface area contributed by atoms with Crippen molar-refractivity contribution in [1.82, 2.24) is 0 Å². The molecule has 0 radical (unpaired) electrons. The molecule has 0 bridgehead atoms. The van der Waals surface area contributed by atoms with Gasteiger partial charge in [-0.15, -0.1) is 0 Å². The lowest BCUT2D eigenvalue weighted by Gasteiger charge is -1.95. The van der Waals surface area contributed by atoms with Crippen molar-refractivity contribution >= 4 is 6.29 Å². The fourth-order valence-electron chi connectivity index (χ4n) is 0. The van der Waals surface area contributed by atoms with Crippen LogP contribution in [0.25, 0.3) is 0 Å². The molecule has 0 atom stereocenters. The highest BCUT2D eigenvalue weighted by atomic mass is 19.4. The average molecular weight is 198 g/mol. The van der Waals surface area contributed by atoms with Gasteiger partial charge in [-0.25, -0.2) is 0 Å². The summed E-state index contributed by atoms with van der Waals surface area (Å²) in [6.07, 6.45) is -10.1. The van der Waals surface area contributed by atoms with E-state index < -0.39 is 25.2 Å². The van der Waals surface area contributed by atoms with Crippen LogP contribution in [0.2, 0.25) is 0 Å². The zero-order chi connectivity index (χ0) is 10.4. The summed E-state index contributed by atoms with van der Waals surface area (Å²) in [5.74, 6) is 0. The molecule has 0 aliphatic rings. The molecule has 12 heavy (non-hydrogen) atoms. The van der Waals surface area contributed by atoms with Gasteiger partial charge in [-0.2, -0.15) is 26.3 Å². The molecule has 0 fully saturated rings. The van der Waals surface area contributed by atoms with Crippen molar-refractivity contribution in [3.8, 4) is 0 Å². The van der Waals surface area contributed by atoms with Gasteiger partial charge in [0.2, 0.25) is 6.29 Å². The summed E-state index contributed by atoms with van der Waals surface area (Å²) < 4.78 is 62.9. The first-order valence-electron chi connectivity index (χ1n) is 2.33. The number of alkyl halides is 6. The largest absolute Gasteiger partial charge is 0.446 e. The van der Waals surface area contributed by atoms with Crippen molar-refractivity contribution in [1.29, 1.82) is 0 Å². The molecule has 0 aliphatic heterocycles. The molecule has 8 heteroatoms. The number of aldehydes is 1. The van der Waals surface area contributed by atoms with E-state index in [1.54, 1.807) is 0 Å². The van der Waals surface area contributed by atoms with Crippen LogP contribution < -0.4 is 0 Å². The lowest BCUT2D eigenvalue weighted by Crippen LogP contribution is -2.12. The third-order valence-electron chi connectivity index (χ3n) is 0.313. The topological polar surface area (TPSA) is 37.3 Å². The Balaban J connectivity index is 0. The van der Waals surface area contributed by atoms with Gasteiger partial charge in [0.15, 0.2) is 0 Å². The number of carbonyl (C=O) groups is 1. The summed E-state index contributed by atoms with van der Waals surface area (Å²) in [4.78, 5) is 8.70. The highest BCUT2D eigenvalue weighted by Crippen LogP contribution is 2.11. The molecule has 0 amide bonds. The van der Waals surface area contributed by atoms with Crippen LogP contribution in [0.3, 0.4) is 0 Å². The molecule has 0 saturated heterocycles. The van der Waals surface area contributed by atoms with E-state index in [2.05, 4.69) is 0 Å². The molecule has 0 rings (SSSR count). The van der Waals surface area contributed by atoms with Gasteiger partial charge in [-0.05, 0) is 0 Å². The summed E-state index contributed by atoms with van der Waals surface area (Å²) in [7, 11) is 0. The predicted octanol–water partition coefficient (Wildman–Crippen LogP) is 1.29. The Morgan fingerprint density at radius 2 is 1.25 bits per heavy atom. The highest BCUT2D eigenvalue weighted by Gasteiger charge is 2.25. The normalized spacial score (nSPS) is 11.6. The van der Waals surface area contributed by atoms with E-state index in [1.165, 1.54) is 0 Å². The van der Waals surface area contributed by atoms with Crippen LogP contribution in [0.4, 0.5) is 26.3 Å². The van der Waals surface area contributed by atoms with Gasteiger partial charge in [0.05, 0.1) is 0 Å². The number of halogens is 6. The Morgan fingerprint density at radius 3 is 1.25 bits per heavy atom. The van der Waals surface area contributed by atoms with Gasteiger partial charge >= 0.3 is 12.4 Å². The molecule has 0 aromatic rings. The first-order valence-corrected chi connectivity index (χ1v) is 2.33. The second kappa shape index (κ2) is 4.96. The van der Waals surface area contributed by atoms with Crippen LogP contribution in [-0.4, -0.2) is 30.4 Å². The molecule has 0 aliphatic carbocycles. The third-order valence-corrected chi connectivity index (χ3v) is 0.313. The first-order chi connectivity index (χ1) is 5.12. The molecule has 0 saturated carbocycles. The van der Waals surface area contributed by atoms with E-state index >= 15 is 0 Å². The average Bonchev–Trinajstić information content (AvgIpc) is 1.86. The molecular weight excluding hydrogens is 194 g/mol. The maximum absolute atomic E-state index is 10.5. The van der Waals surface area contributed by atoms with E-state index in [-0.39, 0.29) is 0 Å². The van der Waals surface area contributed by atoms with Crippen LogP contribution >= 0.6 is 0 Å². The Bertz CT molecular complexity index is 124. The van der Waals surface area contributed by atoms with Crippen molar-refractivity contribution < 1.29 is 36.2 Å². The van der Waals surface area contributed by atoms with E-state index in [9.17, 15) is 26.3 Å². The van der Waals surface area contributed by atoms with E-state index in [1.807, 2.05) is 0 Å². The zero-order valence-electron chi connectivity index (χ0n) is 5.41. The summed E-state index contributed by atoms with van der Waals surface area (Å²) in [5.41, 5.74) is 0. The SMILES string of the molecule is O=CC(F)(F)F.OCC(F)(F)F. The van der Waals surface area contributed by atoms with Gasteiger partial charge in [0.25, 0.3) is 0 Å². The number of aliphatic hydroxyl groups is 1. The minimum Gasteiger partial charge on any atom is -0.387 e. The summed E-state index contributed by atoms with van der Waals surface area (Å²) >= 11 is 0. The lowest BCUT2D eigenvalue weighted by atomic mass is 10.7. The van der Waals surface area contributed by atoms with Crippen molar-refractivity contribution in [3.63, 3.8) is 0 Å². The van der Waals surface area contributed by atoms with Crippen LogP contribution in [0.5, 0.6) is 0 Å². The number of hydrogen-bond donors (Lipinski definition) is 1. The lowest BCUT2D eigenvalue weighted by molar-refractivity contribution is -0.159. The summed E-state index contributed by atoms with van der Waals surface area (Å²) in [5, 5.41) is 7.28. The third kappa shape index (κ3) is 22.9. The predicted molar refractivity (Wildman–Crippen MR) is 25.3 cm³/mol. The Labute approximate surface area is 62.8 Å². The fourth-order valence-corrected chi connectivity index (χ4v) is 0. The second-order valence-electron chi connectivity index (χ2n) is 1.43. The van der Waals surface area contributed by atoms with Crippen molar-refractivity contribution in [2.24, 2.45) is 0 Å². The number of hydrogen-bond acceptors (Lipinski definition) is 2. The van der Waals surface area contributed by atoms with E-state index in [0.717, 1.165) is 0 Å². The van der Waals surface area contributed by atoms with Gasteiger partial charge < -0.3 is 5.11 Å². The minimum atomic E-state index is -4.64. The highest BCUT2D eigenvalue weighted by molar-refractivity contribution is 5.56. The van der Waals surface area contributed by atoms with E-state index in [4.69, 9.17) is 9.90 Å². The van der Waals surface area contributed by atoms with Crippen LogP contribution in [0.15, 0.2) is 0 Å². The molecule has 0 aromatic heterocycles. The molecule has 0 aromatic carbocycles. The molecule has 1 N–H and O–H groups in total. The smallest absolute Gasteiger partial charge is 0.387 e. The van der Waals surface area contributed by atoms with Crippen LogP contribution in [0.1, 0.15) is 0 Å². The van der Waals surface area contributed by atoms with Crippen LogP contribution in [0, 0.1) is 0 Å². The van der Waals surface area contributed by atoms with Crippen molar-refractivity contribution in [2.75, 3.05) is 6.61 Å². The number of rotatable bonds is 0. The maximum atomic E-state index is 10.5. The van der Waals surface area contributed by atoms with Gasteiger partial charge in [0.1, 0.15) is 6.61 Å². The van der Waals surface area contributed by atoms with Gasteiger partial charge in [-0.3, -0.25) is 4.79 Å². The maximum Gasteiger partial charge on any atom is 0.446 e. The second-order valence-corrected chi connectivity index (χ2v) is 1.43. The summed E-state index contributed by atoms with van der Waals surface area (Å²) in [6, 6.07) is 0. The molecule has 0 spiro atoms. The Hall–Kier alpha value is -0.790. The minimum absolute atomic E-state index is 1.06. The zero-order valence-corrected chi connectivity index (χ0v) is 5.41.